The Hall–Kier alpha value is -1.40. The number of rotatable bonds is 6. The van der Waals surface area contributed by atoms with Gasteiger partial charge in [-0.25, -0.2) is 0 Å². The lowest BCUT2D eigenvalue weighted by atomic mass is 9.95. The molecule has 1 aromatic rings. The number of methoxy groups -OCH3 is 1. The maximum Gasteiger partial charge on any atom is 0.307 e. The molecule has 1 saturated carbocycles. The molecule has 0 aliphatic heterocycles. The fourth-order valence-corrected chi connectivity index (χ4v) is 2.92. The molecule has 1 fully saturated rings. The Labute approximate surface area is 122 Å². The molecule has 2 unspecified atom stereocenters. The molecule has 1 amide bonds. The molecule has 1 aliphatic rings. The summed E-state index contributed by atoms with van der Waals surface area (Å²) in [5.41, 5.74) is 5.24. The molecule has 5 nitrogen and oxygen atoms in total. The monoisotopic (exact) mass is 296 g/mol. The van der Waals surface area contributed by atoms with Crippen LogP contribution in [-0.4, -0.2) is 24.5 Å². The molecule has 1 aliphatic carbocycles. The van der Waals surface area contributed by atoms with E-state index in [9.17, 15) is 9.59 Å². The van der Waals surface area contributed by atoms with Crippen molar-refractivity contribution in [2.24, 2.45) is 11.7 Å². The molecule has 110 valence electrons. The number of amides is 1. The Morgan fingerprint density at radius 1 is 1.60 bits per heavy atom. The lowest BCUT2D eigenvalue weighted by Gasteiger charge is -2.26. The van der Waals surface area contributed by atoms with E-state index < -0.39 is 5.54 Å². The van der Waals surface area contributed by atoms with Crippen LogP contribution in [0, 0.1) is 5.92 Å². The van der Waals surface area contributed by atoms with Crippen molar-refractivity contribution in [1.82, 2.24) is 5.32 Å². The average Bonchev–Trinajstić information content (AvgIpc) is 3.14. The first-order chi connectivity index (χ1) is 9.45. The number of esters is 1. The number of nitrogens with two attached hydrogens (primary N) is 1. The second-order valence-electron chi connectivity index (χ2n) is 5.38. The van der Waals surface area contributed by atoms with E-state index in [-0.39, 0.29) is 30.3 Å². The van der Waals surface area contributed by atoms with Crippen molar-refractivity contribution in [3.05, 3.63) is 22.4 Å². The number of hydrogen-bond acceptors (Lipinski definition) is 5. The smallest absolute Gasteiger partial charge is 0.307 e. The molecule has 0 bridgehead atoms. The van der Waals surface area contributed by atoms with Gasteiger partial charge in [0.25, 0.3) is 0 Å². The van der Waals surface area contributed by atoms with Gasteiger partial charge >= 0.3 is 5.97 Å². The fraction of sp³-hybridized carbons (Fsp3) is 0.571. The van der Waals surface area contributed by atoms with Crippen LogP contribution in [0.2, 0.25) is 0 Å². The highest BCUT2D eigenvalue weighted by Gasteiger charge is 2.44. The van der Waals surface area contributed by atoms with Gasteiger partial charge in [0, 0.05) is 4.88 Å². The quantitative estimate of drug-likeness (QED) is 0.781. The van der Waals surface area contributed by atoms with E-state index in [1.54, 1.807) is 6.92 Å². The molecular weight excluding hydrogens is 276 g/mol. The van der Waals surface area contributed by atoms with Crippen LogP contribution >= 0.6 is 11.3 Å². The summed E-state index contributed by atoms with van der Waals surface area (Å²) in [6.45, 7) is 1.75. The molecule has 1 heterocycles. The number of carbonyl (C=O) groups excluding carboxylic acids is 2. The topological polar surface area (TPSA) is 81.4 Å². The van der Waals surface area contributed by atoms with Gasteiger partial charge in [-0.1, -0.05) is 6.07 Å². The van der Waals surface area contributed by atoms with E-state index in [0.29, 0.717) is 0 Å². The summed E-state index contributed by atoms with van der Waals surface area (Å²) in [5.74, 6) is -0.319. The summed E-state index contributed by atoms with van der Waals surface area (Å²) in [6, 6.07) is 3.40. The SMILES string of the molecule is COC(=O)CC(NC(=O)C(C)(N)C1CC1)c1cccs1. The number of ether oxygens (including phenoxy) is 1. The van der Waals surface area contributed by atoms with Crippen molar-refractivity contribution in [3.63, 3.8) is 0 Å². The Morgan fingerprint density at radius 3 is 2.80 bits per heavy atom. The van der Waals surface area contributed by atoms with Crippen molar-refractivity contribution in [2.45, 2.75) is 37.8 Å². The summed E-state index contributed by atoms with van der Waals surface area (Å²) < 4.78 is 4.69. The highest BCUT2D eigenvalue weighted by molar-refractivity contribution is 7.10. The fourth-order valence-electron chi connectivity index (χ4n) is 2.14. The van der Waals surface area contributed by atoms with Gasteiger partial charge in [0.05, 0.1) is 25.1 Å². The zero-order valence-corrected chi connectivity index (χ0v) is 12.5. The van der Waals surface area contributed by atoms with Crippen LogP contribution < -0.4 is 11.1 Å². The van der Waals surface area contributed by atoms with Gasteiger partial charge in [-0.2, -0.15) is 0 Å². The molecule has 3 N–H and O–H groups in total. The first-order valence-corrected chi connectivity index (χ1v) is 7.53. The van der Waals surface area contributed by atoms with Crippen molar-refractivity contribution in [1.29, 1.82) is 0 Å². The number of nitrogens with one attached hydrogen (secondary N) is 1. The molecule has 20 heavy (non-hydrogen) atoms. The van der Waals surface area contributed by atoms with Gasteiger partial charge in [-0.3, -0.25) is 9.59 Å². The molecule has 2 atom stereocenters. The summed E-state index contributed by atoms with van der Waals surface area (Å²) >= 11 is 1.50. The van der Waals surface area contributed by atoms with Gasteiger partial charge < -0.3 is 15.8 Å². The molecular formula is C14H20N2O3S. The van der Waals surface area contributed by atoms with Crippen LogP contribution in [0.3, 0.4) is 0 Å². The minimum atomic E-state index is -0.869. The maximum atomic E-state index is 12.3. The number of thiophene rings is 1. The lowest BCUT2D eigenvalue weighted by Crippen LogP contribution is -2.54. The van der Waals surface area contributed by atoms with Crippen LogP contribution in [0.4, 0.5) is 0 Å². The van der Waals surface area contributed by atoms with Gasteiger partial charge in [0.1, 0.15) is 0 Å². The third-order valence-electron chi connectivity index (χ3n) is 3.71. The molecule has 0 aromatic carbocycles. The minimum Gasteiger partial charge on any atom is -0.469 e. The maximum absolute atomic E-state index is 12.3. The molecule has 0 spiro atoms. The third kappa shape index (κ3) is 3.37. The first kappa shape index (κ1) is 15.0. The Balaban J connectivity index is 2.07. The number of carbonyl (C=O) groups is 2. The second-order valence-corrected chi connectivity index (χ2v) is 6.36. The van der Waals surface area contributed by atoms with Crippen LogP contribution in [0.15, 0.2) is 17.5 Å². The Kier molecular flexibility index (Phi) is 4.45. The van der Waals surface area contributed by atoms with Gasteiger partial charge in [0.2, 0.25) is 5.91 Å². The minimum absolute atomic E-state index is 0.115. The van der Waals surface area contributed by atoms with Crippen LogP contribution in [0.1, 0.15) is 37.1 Å². The zero-order valence-electron chi connectivity index (χ0n) is 11.7. The van der Waals surface area contributed by atoms with Crippen molar-refractivity contribution >= 4 is 23.2 Å². The average molecular weight is 296 g/mol. The molecule has 1 aromatic heterocycles. The third-order valence-corrected chi connectivity index (χ3v) is 4.69. The van der Waals surface area contributed by atoms with E-state index in [1.807, 2.05) is 17.5 Å². The number of hydrogen-bond donors (Lipinski definition) is 2. The highest BCUT2D eigenvalue weighted by Crippen LogP contribution is 2.38. The lowest BCUT2D eigenvalue weighted by molar-refractivity contribution is -0.141. The van der Waals surface area contributed by atoms with Crippen LogP contribution in [0.25, 0.3) is 0 Å². The Bertz CT molecular complexity index is 481. The van der Waals surface area contributed by atoms with Gasteiger partial charge in [-0.15, -0.1) is 11.3 Å². The molecule has 2 rings (SSSR count). The van der Waals surface area contributed by atoms with E-state index in [1.165, 1.54) is 18.4 Å². The highest BCUT2D eigenvalue weighted by atomic mass is 32.1. The predicted octanol–water partition coefficient (Wildman–Crippen LogP) is 1.60. The summed E-state index contributed by atoms with van der Waals surface area (Å²) in [4.78, 5) is 24.8. The predicted molar refractivity (Wildman–Crippen MR) is 77.2 cm³/mol. The normalized spacial score (nSPS) is 18.9. The standard InChI is InChI=1S/C14H20N2O3S/c1-14(15,9-5-6-9)13(18)16-10(8-12(17)19-2)11-4-3-7-20-11/h3-4,7,9-10H,5-6,8,15H2,1-2H3,(H,16,18). The van der Waals surface area contributed by atoms with E-state index in [4.69, 9.17) is 5.73 Å². The van der Waals surface area contributed by atoms with Crippen molar-refractivity contribution in [2.75, 3.05) is 7.11 Å². The van der Waals surface area contributed by atoms with E-state index in [0.717, 1.165) is 17.7 Å². The van der Waals surface area contributed by atoms with Crippen LogP contribution in [-0.2, 0) is 14.3 Å². The Morgan fingerprint density at radius 2 is 2.30 bits per heavy atom. The summed E-state index contributed by atoms with van der Waals surface area (Å²) in [6.07, 6.45) is 2.09. The zero-order chi connectivity index (χ0) is 14.8. The second kappa shape index (κ2) is 5.93. The van der Waals surface area contributed by atoms with Crippen molar-refractivity contribution < 1.29 is 14.3 Å². The van der Waals surface area contributed by atoms with E-state index >= 15 is 0 Å². The summed E-state index contributed by atoms with van der Waals surface area (Å²) in [7, 11) is 1.34. The van der Waals surface area contributed by atoms with Gasteiger partial charge in [-0.05, 0) is 37.1 Å². The van der Waals surface area contributed by atoms with Crippen molar-refractivity contribution in [3.8, 4) is 0 Å². The van der Waals surface area contributed by atoms with Crippen LogP contribution in [0.5, 0.6) is 0 Å². The van der Waals surface area contributed by atoms with Gasteiger partial charge in [0.15, 0.2) is 0 Å². The van der Waals surface area contributed by atoms with E-state index in [2.05, 4.69) is 10.1 Å². The molecule has 0 radical (unpaired) electrons. The molecule has 0 saturated heterocycles. The molecule has 6 heteroatoms. The first-order valence-electron chi connectivity index (χ1n) is 6.65. The summed E-state index contributed by atoms with van der Waals surface area (Å²) in [5, 5.41) is 4.80. The largest absolute Gasteiger partial charge is 0.469 e.